The van der Waals surface area contributed by atoms with Crippen molar-refractivity contribution in [2.24, 2.45) is 5.92 Å². The van der Waals surface area contributed by atoms with E-state index in [0.29, 0.717) is 0 Å². The summed E-state index contributed by atoms with van der Waals surface area (Å²) in [4.78, 5) is 75.3. The van der Waals surface area contributed by atoms with Gasteiger partial charge >= 0.3 is 18.0 Å². The normalized spacial score (nSPS) is 12.2. The van der Waals surface area contributed by atoms with Crippen molar-refractivity contribution in [1.82, 2.24) is 10.6 Å². The number of benzene rings is 2. The van der Waals surface area contributed by atoms with Crippen molar-refractivity contribution in [3.8, 4) is 0 Å². The van der Waals surface area contributed by atoms with Crippen LogP contribution in [0.25, 0.3) is 0 Å². The third kappa shape index (κ3) is 19.4. The first-order valence-corrected chi connectivity index (χ1v) is 16.7. The van der Waals surface area contributed by atoms with Crippen LogP contribution >= 0.6 is 0 Å². The molecule has 2 aromatic carbocycles. The second kappa shape index (κ2) is 22.9. The molecule has 13 heteroatoms. The highest BCUT2D eigenvalue weighted by molar-refractivity contribution is 5.92. The first-order chi connectivity index (χ1) is 23.8. The molecule has 2 N–H and O–H groups in total. The first kappa shape index (κ1) is 41.6. The molecule has 0 fully saturated rings. The Bertz CT molecular complexity index is 1360. The van der Waals surface area contributed by atoms with Crippen molar-refractivity contribution < 1.29 is 52.5 Å². The third-order valence-corrected chi connectivity index (χ3v) is 6.97. The lowest BCUT2D eigenvalue weighted by atomic mass is 9.92. The molecule has 50 heavy (non-hydrogen) atoms. The molecule has 0 aliphatic carbocycles. The average molecular weight is 699 g/mol. The van der Waals surface area contributed by atoms with Crippen LogP contribution in [0, 0.1) is 5.92 Å². The van der Waals surface area contributed by atoms with Gasteiger partial charge in [-0.15, -0.1) is 0 Å². The monoisotopic (exact) mass is 698 g/mol. The number of ketones is 2. The summed E-state index contributed by atoms with van der Waals surface area (Å²) in [5, 5.41) is 5.17. The number of ether oxygens (including phenoxy) is 5. The summed E-state index contributed by atoms with van der Waals surface area (Å²) in [6.07, 6.45) is -0.982. The van der Waals surface area contributed by atoms with Gasteiger partial charge in [0.05, 0.1) is 31.8 Å². The van der Waals surface area contributed by atoms with Crippen LogP contribution in [0.1, 0.15) is 70.9 Å². The van der Waals surface area contributed by atoms with E-state index in [4.69, 9.17) is 23.7 Å². The zero-order valence-electron chi connectivity index (χ0n) is 29.4. The quantitative estimate of drug-likeness (QED) is 0.0966. The maximum Gasteiger partial charge on any atom is 0.407 e. The van der Waals surface area contributed by atoms with Crippen LogP contribution in [-0.4, -0.2) is 80.1 Å². The van der Waals surface area contributed by atoms with Gasteiger partial charge in [0.15, 0.2) is 5.78 Å². The first-order valence-electron chi connectivity index (χ1n) is 16.7. The van der Waals surface area contributed by atoms with Gasteiger partial charge in [-0.25, -0.2) is 4.79 Å². The minimum absolute atomic E-state index is 0.0171. The van der Waals surface area contributed by atoms with E-state index in [2.05, 4.69) is 10.6 Å². The molecule has 2 amide bonds. The summed E-state index contributed by atoms with van der Waals surface area (Å²) in [5.74, 6) is -3.45. The molecule has 0 heterocycles. The maximum absolute atomic E-state index is 13.5. The molecular weight excluding hydrogens is 648 g/mol. The molecule has 0 spiro atoms. The van der Waals surface area contributed by atoms with E-state index in [1.165, 1.54) is 6.92 Å². The van der Waals surface area contributed by atoms with E-state index < -0.39 is 47.3 Å². The number of Topliss-reactive ketones (excluding diaryl/α,β-unsaturated/α-hetero) is 2. The predicted octanol–water partition coefficient (Wildman–Crippen LogP) is 4.24. The Kier molecular flexibility index (Phi) is 19.0. The summed E-state index contributed by atoms with van der Waals surface area (Å²) >= 11 is 0. The predicted molar refractivity (Wildman–Crippen MR) is 183 cm³/mol. The highest BCUT2D eigenvalue weighted by atomic mass is 16.6. The third-order valence-electron chi connectivity index (χ3n) is 6.97. The molecule has 0 radical (unpaired) electrons. The number of carbonyl (C=O) groups is 6. The van der Waals surface area contributed by atoms with E-state index in [9.17, 15) is 28.8 Å². The standard InChI is InChI=1S/C37H50N2O11/c1-27(40)15-17-31(39-33(42)26-47-22-21-46-20-19-38-36(45)50-37(2,3)4)32(41)23-30(35(44)49-25-29-13-9-6-10-14-29)16-18-34(43)48-24-28-11-7-5-8-12-28/h5-14,30-31H,15-26H2,1-4H3,(H,38,45)(H,39,42). The molecule has 2 unspecified atom stereocenters. The van der Waals surface area contributed by atoms with Crippen LogP contribution < -0.4 is 10.6 Å². The lowest BCUT2D eigenvalue weighted by Gasteiger charge is -2.21. The van der Waals surface area contributed by atoms with Crippen molar-refractivity contribution in [1.29, 1.82) is 0 Å². The summed E-state index contributed by atoms with van der Waals surface area (Å²) in [7, 11) is 0. The van der Waals surface area contributed by atoms with E-state index >= 15 is 0 Å². The minimum Gasteiger partial charge on any atom is -0.461 e. The Morgan fingerprint density at radius 2 is 1.34 bits per heavy atom. The van der Waals surface area contributed by atoms with Crippen LogP contribution in [-0.2, 0) is 60.9 Å². The topological polar surface area (TPSA) is 173 Å². The molecular formula is C37H50N2O11. The van der Waals surface area contributed by atoms with Gasteiger partial charge in [0.25, 0.3) is 0 Å². The molecule has 2 rings (SSSR count). The van der Waals surface area contributed by atoms with Crippen molar-refractivity contribution in [2.75, 3.05) is 33.0 Å². The van der Waals surface area contributed by atoms with Gasteiger partial charge in [-0.1, -0.05) is 60.7 Å². The van der Waals surface area contributed by atoms with E-state index in [-0.39, 0.29) is 84.1 Å². The van der Waals surface area contributed by atoms with Gasteiger partial charge in [0, 0.05) is 25.8 Å². The van der Waals surface area contributed by atoms with Crippen LogP contribution in [0.3, 0.4) is 0 Å². The van der Waals surface area contributed by atoms with Gasteiger partial charge in [-0.3, -0.25) is 19.2 Å². The van der Waals surface area contributed by atoms with Crippen LogP contribution in [0.2, 0.25) is 0 Å². The van der Waals surface area contributed by atoms with Crippen molar-refractivity contribution in [3.05, 3.63) is 71.8 Å². The van der Waals surface area contributed by atoms with E-state index in [0.717, 1.165) is 11.1 Å². The Morgan fingerprint density at radius 1 is 0.740 bits per heavy atom. The molecule has 2 aromatic rings. The molecule has 0 saturated carbocycles. The van der Waals surface area contributed by atoms with Crippen molar-refractivity contribution in [2.45, 2.75) is 84.7 Å². The molecule has 274 valence electrons. The maximum atomic E-state index is 13.5. The Morgan fingerprint density at radius 3 is 1.94 bits per heavy atom. The number of hydrogen-bond acceptors (Lipinski definition) is 11. The lowest BCUT2D eigenvalue weighted by molar-refractivity contribution is -0.153. The number of alkyl carbamates (subject to hydrolysis) is 1. The number of carbonyl (C=O) groups excluding carboxylic acids is 6. The Labute approximate surface area is 293 Å². The van der Waals surface area contributed by atoms with Crippen LogP contribution in [0.4, 0.5) is 4.79 Å². The van der Waals surface area contributed by atoms with Crippen LogP contribution in [0.15, 0.2) is 60.7 Å². The summed E-state index contributed by atoms with van der Waals surface area (Å²) < 4.78 is 26.7. The van der Waals surface area contributed by atoms with Gasteiger partial charge < -0.3 is 39.1 Å². The SMILES string of the molecule is CC(=O)CCC(NC(=O)COCCOCCNC(=O)OC(C)(C)C)C(=O)CC(CCC(=O)OCc1ccccc1)C(=O)OCc1ccccc1. The summed E-state index contributed by atoms with van der Waals surface area (Å²) in [6.45, 7) is 6.98. The van der Waals surface area contributed by atoms with Crippen LogP contribution in [0.5, 0.6) is 0 Å². The molecule has 0 aliphatic rings. The van der Waals surface area contributed by atoms with Crippen molar-refractivity contribution in [3.63, 3.8) is 0 Å². The fourth-order valence-electron chi connectivity index (χ4n) is 4.46. The fraction of sp³-hybridized carbons (Fsp3) is 0.514. The molecule has 2 atom stereocenters. The lowest BCUT2D eigenvalue weighted by Crippen LogP contribution is -2.44. The second-order valence-electron chi connectivity index (χ2n) is 12.6. The molecule has 0 aromatic heterocycles. The Hall–Kier alpha value is -4.62. The highest BCUT2D eigenvalue weighted by Crippen LogP contribution is 2.19. The van der Waals surface area contributed by atoms with Gasteiger partial charge in [0.2, 0.25) is 5.91 Å². The van der Waals surface area contributed by atoms with Gasteiger partial charge in [-0.05, 0) is 51.7 Å². The average Bonchev–Trinajstić information content (AvgIpc) is 3.07. The largest absolute Gasteiger partial charge is 0.461 e. The summed E-state index contributed by atoms with van der Waals surface area (Å²) in [5.41, 5.74) is 0.953. The Balaban J connectivity index is 1.91. The number of hydrogen-bond donors (Lipinski definition) is 2. The smallest absolute Gasteiger partial charge is 0.407 e. The molecule has 0 aliphatic heterocycles. The zero-order valence-corrected chi connectivity index (χ0v) is 29.4. The molecule has 0 saturated heterocycles. The molecule has 0 bridgehead atoms. The van der Waals surface area contributed by atoms with Crippen molar-refractivity contribution >= 4 is 35.5 Å². The van der Waals surface area contributed by atoms with E-state index in [1.54, 1.807) is 45.0 Å². The zero-order chi connectivity index (χ0) is 36.8. The number of esters is 2. The van der Waals surface area contributed by atoms with Gasteiger partial charge in [0.1, 0.15) is 31.2 Å². The number of amides is 2. The minimum atomic E-state index is -1.07. The summed E-state index contributed by atoms with van der Waals surface area (Å²) in [6, 6.07) is 17.1. The number of rotatable bonds is 23. The second-order valence-corrected chi connectivity index (χ2v) is 12.6. The number of nitrogens with one attached hydrogen (secondary N) is 2. The highest BCUT2D eigenvalue weighted by Gasteiger charge is 2.29. The fourth-order valence-corrected chi connectivity index (χ4v) is 4.46. The van der Waals surface area contributed by atoms with E-state index in [1.807, 2.05) is 36.4 Å². The van der Waals surface area contributed by atoms with Gasteiger partial charge in [-0.2, -0.15) is 0 Å². The molecule has 13 nitrogen and oxygen atoms in total.